The van der Waals surface area contributed by atoms with Crippen molar-refractivity contribution in [1.82, 2.24) is 0 Å². The molecule has 72 heavy (non-hydrogen) atoms. The summed E-state index contributed by atoms with van der Waals surface area (Å²) in [4.78, 5) is 4.11. The fourth-order valence-corrected chi connectivity index (χ4v) is 10.1. The predicted octanol–water partition coefficient (Wildman–Crippen LogP) is 13.2. The van der Waals surface area contributed by atoms with Gasteiger partial charge in [0.2, 0.25) is 0 Å². The van der Waals surface area contributed by atoms with Crippen LogP contribution < -0.4 is 21.9 Å². The van der Waals surface area contributed by atoms with Crippen LogP contribution in [-0.4, -0.2) is 6.15 Å². The van der Waals surface area contributed by atoms with Crippen molar-refractivity contribution in [2.75, 3.05) is 0 Å². The summed E-state index contributed by atoms with van der Waals surface area (Å²) in [7, 11) is -0.0847. The van der Waals surface area contributed by atoms with Crippen molar-refractivity contribution in [3.63, 3.8) is 0 Å². The highest BCUT2D eigenvalue weighted by Crippen LogP contribution is 2.35. The van der Waals surface area contributed by atoms with Crippen LogP contribution in [0.2, 0.25) is 0 Å². The molecular weight excluding hydrogens is 1020 g/mol. The first-order chi connectivity index (χ1) is 33.4. The summed E-state index contributed by atoms with van der Waals surface area (Å²) in [5.74, 6) is -71.4. The Morgan fingerprint density at radius 3 is 0.625 bits per heavy atom. The Bertz CT molecular complexity index is 2800. The lowest BCUT2D eigenvalue weighted by Crippen LogP contribution is -2.81. The summed E-state index contributed by atoms with van der Waals surface area (Å²) in [6.45, 7) is 13.6. The minimum absolute atomic E-state index is 0.0847. The van der Waals surface area contributed by atoms with E-state index in [-0.39, 0.29) is 21.7 Å². The van der Waals surface area contributed by atoms with E-state index >= 15 is 35.1 Å². The molecule has 0 radical (unpaired) electrons. The van der Waals surface area contributed by atoms with E-state index in [2.05, 4.69) is 120 Å². The number of rotatable bonds is 7. The normalized spacial score (nSPS) is 12.2. The number of hydrogen-bond acceptors (Lipinski definition) is 0. The average molecular weight is 1050 g/mol. The van der Waals surface area contributed by atoms with Crippen LogP contribution in [0, 0.1) is 116 Å². The van der Waals surface area contributed by atoms with Crippen molar-refractivity contribution in [2.45, 2.75) is 67.1 Å². The van der Waals surface area contributed by atoms with Crippen LogP contribution in [-0.2, 0) is 21.7 Å². The Morgan fingerprint density at radius 1 is 0.250 bits per heavy atom. The van der Waals surface area contributed by atoms with Crippen molar-refractivity contribution in [2.24, 2.45) is 0 Å². The van der Waals surface area contributed by atoms with E-state index in [1.54, 1.807) is 0 Å². The Morgan fingerprint density at radius 2 is 0.431 bits per heavy atom. The van der Waals surface area contributed by atoms with Gasteiger partial charge in [0.05, 0.1) is 10.9 Å². The number of halogens is 20. The second kappa shape index (κ2) is 19.9. The van der Waals surface area contributed by atoms with E-state index in [0.29, 0.717) is 0 Å². The van der Waals surface area contributed by atoms with Gasteiger partial charge in [-0.2, -0.15) is 0 Å². The lowest BCUT2D eigenvalue weighted by atomic mass is 9.12. The van der Waals surface area contributed by atoms with Crippen LogP contribution in [0.15, 0.2) is 93.5 Å². The van der Waals surface area contributed by atoms with Gasteiger partial charge in [-0.15, -0.1) is 21.9 Å². The molecular formula is C50H31BF20S. The molecule has 380 valence electrons. The van der Waals surface area contributed by atoms with Crippen molar-refractivity contribution in [3.8, 4) is 0 Å². The van der Waals surface area contributed by atoms with Gasteiger partial charge in [0.1, 0.15) is 52.7 Å². The van der Waals surface area contributed by atoms with E-state index in [1.807, 2.05) is 0 Å². The highest BCUT2D eigenvalue weighted by molar-refractivity contribution is 7.97. The molecule has 0 fully saturated rings. The zero-order valence-corrected chi connectivity index (χ0v) is 38.4. The third-order valence-corrected chi connectivity index (χ3v) is 13.8. The van der Waals surface area contributed by atoms with Gasteiger partial charge in [-0.05, 0) is 58.4 Å². The average Bonchev–Trinajstić information content (AvgIpc) is 3.34. The van der Waals surface area contributed by atoms with Crippen LogP contribution in [0.3, 0.4) is 0 Å². The molecule has 0 spiro atoms. The topological polar surface area (TPSA) is 0 Å². The molecule has 0 saturated heterocycles. The fraction of sp³-hybridized carbons (Fsp3) is 0.160. The molecule has 0 amide bonds. The van der Waals surface area contributed by atoms with Gasteiger partial charge in [0.25, 0.3) is 0 Å². The Balaban J connectivity index is 0.000000266. The molecule has 0 unspecified atom stereocenters. The Labute approximate surface area is 399 Å². The summed E-state index contributed by atoms with van der Waals surface area (Å²) >= 11 is 0. The van der Waals surface area contributed by atoms with Gasteiger partial charge in [-0.3, -0.25) is 0 Å². The third-order valence-electron chi connectivity index (χ3n) is 11.6. The summed E-state index contributed by atoms with van der Waals surface area (Å²) < 4.78 is 294. The van der Waals surface area contributed by atoms with Crippen molar-refractivity contribution in [3.05, 3.63) is 206 Å². The molecule has 7 rings (SSSR count). The van der Waals surface area contributed by atoms with E-state index in [4.69, 9.17) is 0 Å². The molecule has 0 N–H and O–H groups in total. The van der Waals surface area contributed by atoms with Crippen LogP contribution in [0.1, 0.15) is 52.7 Å². The highest BCUT2D eigenvalue weighted by Gasteiger charge is 2.52. The molecule has 22 heteroatoms. The standard InChI is InChI=1S/C26H31S.C24BF20/c1-25(2,3)20-12-16-23(17-13-20)27(22-10-8-7-9-11-22)24-18-14-21(15-19-24)26(4,5)6;26-5-1(6(27)14(35)21(42)13(5)34)25(2-7(28)15(36)22(43)16(37)8(2)29,3-9(30)17(38)23(44)18(39)10(3)31)4-11(32)19(40)24(45)20(41)12(4)33/h7-19H,1-6H3;/q+1;-1. The molecule has 7 aromatic carbocycles. The van der Waals surface area contributed by atoms with Gasteiger partial charge in [-0.1, -0.05) is 84.0 Å². The van der Waals surface area contributed by atoms with Crippen LogP contribution >= 0.6 is 0 Å². The van der Waals surface area contributed by atoms with E-state index in [0.717, 1.165) is 0 Å². The zero-order valence-electron chi connectivity index (χ0n) is 37.6. The summed E-state index contributed by atoms with van der Waals surface area (Å²) in [6, 6.07) is 29.3. The third kappa shape index (κ3) is 9.07. The molecule has 0 saturated carbocycles. The first kappa shape index (κ1) is 54.9. The van der Waals surface area contributed by atoms with Crippen LogP contribution in [0.5, 0.6) is 0 Å². The molecule has 0 aromatic heterocycles. The molecule has 7 aromatic rings. The quantitative estimate of drug-likeness (QED) is 0.0491. The van der Waals surface area contributed by atoms with Gasteiger partial charge in [0, 0.05) is 0 Å². The van der Waals surface area contributed by atoms with Gasteiger partial charge >= 0.3 is 0 Å². The van der Waals surface area contributed by atoms with Crippen molar-refractivity contribution in [1.29, 1.82) is 0 Å². The second-order valence-electron chi connectivity index (χ2n) is 18.0. The monoisotopic (exact) mass is 1050 g/mol. The zero-order chi connectivity index (χ0) is 54.0. The predicted molar refractivity (Wildman–Crippen MR) is 228 cm³/mol. The fourth-order valence-electron chi connectivity index (χ4n) is 8.02. The second-order valence-corrected chi connectivity index (χ2v) is 20.0. The Hall–Kier alpha value is -6.45. The Kier molecular flexibility index (Phi) is 15.1. The van der Waals surface area contributed by atoms with E-state index in [9.17, 15) is 52.7 Å². The minimum atomic E-state index is -7.22. The molecule has 0 aliphatic carbocycles. The maximum Gasteiger partial charge on any atom is 0.200 e. The van der Waals surface area contributed by atoms with Crippen molar-refractivity contribution >= 4 is 38.9 Å². The molecule has 0 atom stereocenters. The SMILES string of the molecule is CC(C)(C)c1ccc([S+](c2ccccc2)c2ccc(C(C)(C)C)cc2)cc1.Fc1c(F)c(F)c([B-](c2c(F)c(F)c(F)c(F)c2F)(c2c(F)c(F)c(F)c(F)c2F)c2c(F)c(F)c(F)c(F)c2F)c(F)c1F. The van der Waals surface area contributed by atoms with E-state index in [1.165, 1.54) is 25.8 Å². The van der Waals surface area contributed by atoms with Crippen molar-refractivity contribution < 1.29 is 87.8 Å². The summed E-state index contributed by atoms with van der Waals surface area (Å²) in [6.07, 6.45) is -7.22. The van der Waals surface area contributed by atoms with Gasteiger partial charge in [0.15, 0.2) is 84.5 Å². The lowest BCUT2D eigenvalue weighted by Gasteiger charge is -2.44. The first-order valence-corrected chi connectivity index (χ1v) is 21.8. The maximum absolute atomic E-state index is 15.4. The smallest absolute Gasteiger partial charge is 0.200 e. The van der Waals surface area contributed by atoms with Crippen LogP contribution in [0.25, 0.3) is 0 Å². The van der Waals surface area contributed by atoms with Crippen LogP contribution in [0.4, 0.5) is 87.8 Å². The summed E-state index contributed by atoms with van der Waals surface area (Å²) in [5.41, 5.74) is -11.2. The molecule has 0 aliphatic rings. The number of hydrogen-bond donors (Lipinski definition) is 0. The first-order valence-electron chi connectivity index (χ1n) is 20.6. The van der Waals surface area contributed by atoms with Gasteiger partial charge in [-0.25, -0.2) is 87.8 Å². The minimum Gasteiger partial charge on any atom is -0.207 e. The molecule has 0 nitrogen and oxygen atoms in total. The maximum atomic E-state index is 15.4. The molecule has 0 aliphatic heterocycles. The molecule has 0 heterocycles. The lowest BCUT2D eigenvalue weighted by molar-refractivity contribution is 0.378. The largest absolute Gasteiger partial charge is 0.207 e. The van der Waals surface area contributed by atoms with E-state index < -0.39 is 144 Å². The number of benzene rings is 7. The highest BCUT2D eigenvalue weighted by atomic mass is 32.2. The summed E-state index contributed by atoms with van der Waals surface area (Å²) in [5, 5.41) is 0. The van der Waals surface area contributed by atoms with Gasteiger partial charge < -0.3 is 0 Å². The molecule has 0 bridgehead atoms.